The van der Waals surface area contributed by atoms with E-state index >= 15 is 0 Å². The van der Waals surface area contributed by atoms with Gasteiger partial charge >= 0.3 is 0 Å². The van der Waals surface area contributed by atoms with E-state index in [-0.39, 0.29) is 10.8 Å². The molecule has 0 atom stereocenters. The van der Waals surface area contributed by atoms with Crippen molar-refractivity contribution in [2.45, 2.75) is 64.2 Å². The number of allylic oxidation sites excluding steroid dienone is 6. The van der Waals surface area contributed by atoms with Crippen molar-refractivity contribution in [1.29, 1.82) is 0 Å². The molecule has 0 spiro atoms. The standard InChI is InChI=1S/C46H28N2S2.C44H30.C36H30/c1-3-15-29-27(13-1)25-35(43(29)45-47-37-21-9-11-23-39(37)49-45)41-31-17-5-7-19-33(31)42(34-20-8-6-18-32(34)41)36-26-28-14-2-4-16-30(28)44(36)46-48-38-22-10-12-24-40(38)50-46;1-3-15-29(16-4-1)41-33-21-9-7-19-31(33)27-39(41)43-35-23-11-13-25-37(35)44(38-26-14-12-24-36(38)43)40-28-32-20-8-10-22-34(32)42(40)30-17-5-2-6-18-30;1-35(2)29-19-11-5-13-23(29)21-31(35)33-25-15-7-9-17-27(25)34(28-18-10-8-16-26(28)33)32-22-24-14-6-12-20-30(24)36(32,3)4/h1-24H,25-26H2;1-26H,27-28H2;5-22H,1-4H3. The Hall–Kier alpha value is -15.0. The molecule has 27 rings (SSSR count). The lowest BCUT2D eigenvalue weighted by Crippen LogP contribution is -2.18. The molecule has 4 heteroatoms. The normalized spacial score (nSPS) is 14.9. The van der Waals surface area contributed by atoms with Crippen LogP contribution in [0.4, 0.5) is 0 Å². The Balaban J connectivity index is 0.000000107. The summed E-state index contributed by atoms with van der Waals surface area (Å²) >= 11 is 3.60. The van der Waals surface area contributed by atoms with Crippen molar-refractivity contribution in [2.24, 2.45) is 0 Å². The number of aromatic nitrogens is 2. The zero-order chi connectivity index (χ0) is 86.5. The van der Waals surface area contributed by atoms with Crippen molar-refractivity contribution >= 4 is 176 Å². The number of thiazole rings is 2. The zero-order valence-electron chi connectivity index (χ0n) is 72.8. The molecule has 0 fully saturated rings. The van der Waals surface area contributed by atoms with Gasteiger partial charge in [-0.3, -0.25) is 0 Å². The molecule has 0 aliphatic heterocycles. The second-order valence-corrected chi connectivity index (χ2v) is 38.6. The zero-order valence-corrected chi connectivity index (χ0v) is 74.4. The molecule has 0 bridgehead atoms. The Bertz CT molecular complexity index is 7850. The summed E-state index contributed by atoms with van der Waals surface area (Å²) in [5.74, 6) is 0. The van der Waals surface area contributed by atoms with Crippen LogP contribution in [0.2, 0.25) is 0 Å². The molecule has 614 valence electrons. The molecule has 2 nitrogen and oxygen atoms in total. The predicted molar refractivity (Wildman–Crippen MR) is 555 cm³/mol. The van der Waals surface area contributed by atoms with Gasteiger partial charge in [-0.25, -0.2) is 9.97 Å². The average Bonchev–Trinajstić information content (AvgIpc) is 1.57. The van der Waals surface area contributed by atoms with Gasteiger partial charge in [-0.1, -0.05) is 404 Å². The van der Waals surface area contributed by atoms with Crippen LogP contribution in [0, 0.1) is 0 Å². The van der Waals surface area contributed by atoms with Gasteiger partial charge in [0.25, 0.3) is 0 Å². The van der Waals surface area contributed by atoms with E-state index in [4.69, 9.17) is 9.97 Å². The minimum absolute atomic E-state index is 0.0637. The first-order chi connectivity index (χ1) is 64.1. The fourth-order valence-electron chi connectivity index (χ4n) is 23.0. The molecule has 2 heterocycles. The lowest BCUT2D eigenvalue weighted by atomic mass is 9.73. The van der Waals surface area contributed by atoms with Crippen LogP contribution in [-0.4, -0.2) is 9.97 Å². The topological polar surface area (TPSA) is 25.8 Å². The molecule has 0 radical (unpaired) electrons. The Labute approximate surface area is 765 Å². The molecule has 0 saturated carbocycles. The summed E-state index contributed by atoms with van der Waals surface area (Å²) in [6, 6.07) is 147. The molecule has 0 N–H and O–H groups in total. The van der Waals surface area contributed by atoms with E-state index in [2.05, 4.69) is 440 Å². The fraction of sp³-hybridized carbons (Fsp3) is 0.0794. The Morgan fingerprint density at radius 3 is 0.738 bits per heavy atom. The van der Waals surface area contributed by atoms with E-state index in [9.17, 15) is 0 Å². The molecular weight excluding hydrogens is 1610 g/mol. The number of para-hydroxylation sites is 2. The lowest BCUT2D eigenvalue weighted by molar-refractivity contribution is 0.704. The monoisotopic (exact) mass is 1690 g/mol. The second kappa shape index (κ2) is 30.9. The van der Waals surface area contributed by atoms with E-state index in [1.54, 1.807) is 22.7 Å². The van der Waals surface area contributed by atoms with E-state index in [1.807, 2.05) is 0 Å². The Morgan fingerprint density at radius 2 is 0.446 bits per heavy atom. The number of rotatable bonds is 10. The third-order valence-electron chi connectivity index (χ3n) is 28.7. The summed E-state index contributed by atoms with van der Waals surface area (Å²) < 4.78 is 2.44. The number of nitrogens with zero attached hydrogens (tertiary/aromatic N) is 2. The Morgan fingerprint density at radius 1 is 0.215 bits per heavy atom. The smallest absolute Gasteiger partial charge is 0.125 e. The first kappa shape index (κ1) is 77.3. The van der Waals surface area contributed by atoms with Gasteiger partial charge in [0.1, 0.15) is 10.0 Å². The molecule has 130 heavy (non-hydrogen) atoms. The first-order valence-corrected chi connectivity index (χ1v) is 47.2. The highest BCUT2D eigenvalue weighted by molar-refractivity contribution is 7.20. The van der Waals surface area contributed by atoms with Crippen LogP contribution in [-0.2, 0) is 36.5 Å². The molecular formula is C126H88N2S2. The molecule has 6 aliphatic rings. The van der Waals surface area contributed by atoms with E-state index in [0.717, 1.165) is 46.7 Å². The van der Waals surface area contributed by atoms with Crippen LogP contribution in [0.3, 0.4) is 0 Å². The number of fused-ring (bicyclic) bond motifs is 14. The highest BCUT2D eigenvalue weighted by Crippen LogP contribution is 2.59. The summed E-state index contributed by atoms with van der Waals surface area (Å²) in [6.45, 7) is 9.51. The van der Waals surface area contributed by atoms with Gasteiger partial charge in [0.15, 0.2) is 0 Å². The van der Waals surface area contributed by atoms with E-state index in [1.165, 1.54) is 241 Å². The molecule has 21 aromatic rings. The summed E-state index contributed by atoms with van der Waals surface area (Å²) in [5.41, 5.74) is 42.7. The maximum Gasteiger partial charge on any atom is 0.125 e. The summed E-state index contributed by atoms with van der Waals surface area (Å²) in [4.78, 5) is 10.5. The van der Waals surface area contributed by atoms with Gasteiger partial charge < -0.3 is 0 Å². The van der Waals surface area contributed by atoms with Crippen molar-refractivity contribution in [3.8, 4) is 0 Å². The van der Waals surface area contributed by atoms with Crippen LogP contribution >= 0.6 is 22.7 Å². The second-order valence-electron chi connectivity index (χ2n) is 36.5. The van der Waals surface area contributed by atoms with Crippen LogP contribution in [0.1, 0.15) is 149 Å². The number of hydrogen-bond donors (Lipinski definition) is 0. The van der Waals surface area contributed by atoms with Crippen molar-refractivity contribution in [1.82, 2.24) is 9.97 Å². The number of hydrogen-bond acceptors (Lipinski definition) is 4. The minimum atomic E-state index is -0.0637. The lowest BCUT2D eigenvalue weighted by Gasteiger charge is -2.30. The number of benzene rings is 19. The molecule has 2 aromatic heterocycles. The average molecular weight is 1690 g/mol. The third-order valence-corrected chi connectivity index (χ3v) is 30.8. The van der Waals surface area contributed by atoms with Crippen LogP contribution in [0.25, 0.3) is 153 Å². The van der Waals surface area contributed by atoms with Crippen LogP contribution in [0.5, 0.6) is 0 Å². The van der Waals surface area contributed by atoms with E-state index in [0.29, 0.717) is 0 Å². The molecule has 0 saturated heterocycles. The quantitative estimate of drug-likeness (QED) is 0.128. The molecule has 0 amide bonds. The van der Waals surface area contributed by atoms with Gasteiger partial charge in [-0.2, -0.15) is 0 Å². The van der Waals surface area contributed by atoms with Crippen LogP contribution < -0.4 is 0 Å². The maximum absolute atomic E-state index is 5.24. The van der Waals surface area contributed by atoms with E-state index < -0.39 is 0 Å². The SMILES string of the molecule is CC1(C)C(c2c3ccccc3c(C3=Cc4ccccc4C3(C)C)c3ccccc23)=Cc2ccccc21.c1ccc(C2=C(c3c4ccccc4c(C4=C(c5ccccc5)c5ccccc5C4)c4ccccc34)Cc3ccccc32)cc1.c1ccc2c(c1)CC(c1c3ccccc3c(C3=C(c4nc5ccccc5s4)c4ccccc4C3)c3ccccc13)=C2c1nc2ccccc2s1. The predicted octanol–water partition coefficient (Wildman–Crippen LogP) is 32.9. The van der Waals surface area contributed by atoms with Crippen molar-refractivity contribution in [2.75, 3.05) is 0 Å². The molecule has 19 aromatic carbocycles. The van der Waals surface area contributed by atoms with Crippen molar-refractivity contribution in [3.05, 3.63) is 522 Å². The fourth-order valence-corrected chi connectivity index (χ4v) is 25.1. The Kier molecular flexibility index (Phi) is 18.4. The largest absolute Gasteiger partial charge is 0.236 e. The third kappa shape index (κ3) is 12.3. The molecule has 0 unspecified atom stereocenters. The van der Waals surface area contributed by atoms with Crippen molar-refractivity contribution < 1.29 is 0 Å². The first-order valence-electron chi connectivity index (χ1n) is 45.6. The summed E-state index contributed by atoms with van der Waals surface area (Å²) in [7, 11) is 0. The highest BCUT2D eigenvalue weighted by atomic mass is 32.1. The maximum atomic E-state index is 5.24. The van der Waals surface area contributed by atoms with Gasteiger partial charge in [0.2, 0.25) is 0 Å². The van der Waals surface area contributed by atoms with Crippen LogP contribution in [0.15, 0.2) is 400 Å². The van der Waals surface area contributed by atoms with Gasteiger partial charge in [-0.15, -0.1) is 22.7 Å². The highest BCUT2D eigenvalue weighted by Gasteiger charge is 2.41. The summed E-state index contributed by atoms with van der Waals surface area (Å²) in [5, 5.41) is 18.0. The minimum Gasteiger partial charge on any atom is -0.236 e. The van der Waals surface area contributed by atoms with Gasteiger partial charge in [0.05, 0.1) is 20.4 Å². The van der Waals surface area contributed by atoms with Gasteiger partial charge in [0, 0.05) is 22.0 Å². The summed E-state index contributed by atoms with van der Waals surface area (Å²) in [6.07, 6.45) is 8.46. The molecule has 6 aliphatic carbocycles. The van der Waals surface area contributed by atoms with Gasteiger partial charge in [-0.05, 0) is 283 Å². The van der Waals surface area contributed by atoms with Crippen molar-refractivity contribution in [3.63, 3.8) is 0 Å².